The number of hydrogen-bond acceptors (Lipinski definition) is 1. The van der Waals surface area contributed by atoms with Crippen molar-refractivity contribution in [3.8, 4) is 0 Å². The molecule has 0 saturated heterocycles. The molecular formula is C11H11F3O. The van der Waals surface area contributed by atoms with Crippen molar-refractivity contribution in [2.45, 2.75) is 13.1 Å². The summed E-state index contributed by atoms with van der Waals surface area (Å²) in [6.45, 7) is 2.37. The third-order valence-corrected chi connectivity index (χ3v) is 1.76. The monoisotopic (exact) mass is 216 g/mol. The molecule has 0 aliphatic carbocycles. The maximum absolute atomic E-state index is 12.2. The van der Waals surface area contributed by atoms with E-state index in [0.29, 0.717) is 12.2 Å². The highest BCUT2D eigenvalue weighted by atomic mass is 19.4. The summed E-state index contributed by atoms with van der Waals surface area (Å²) in [5, 5.41) is 0. The molecule has 0 spiro atoms. The predicted octanol–water partition coefficient (Wildman–Crippen LogP) is 3.71. The number of rotatable bonds is 3. The number of alkyl halides is 3. The Bertz CT molecular complexity index is 325. The Morgan fingerprint density at radius 1 is 1.20 bits per heavy atom. The van der Waals surface area contributed by atoms with Crippen LogP contribution in [0.4, 0.5) is 13.2 Å². The Labute approximate surface area is 86.2 Å². The molecule has 1 aromatic rings. The molecule has 0 bridgehead atoms. The molecule has 0 saturated carbocycles. The first kappa shape index (κ1) is 11.6. The first-order valence-corrected chi connectivity index (χ1v) is 4.49. The molecule has 0 unspecified atom stereocenters. The van der Waals surface area contributed by atoms with E-state index in [-0.39, 0.29) is 0 Å². The van der Waals surface area contributed by atoms with Crippen molar-refractivity contribution < 1.29 is 17.9 Å². The van der Waals surface area contributed by atoms with E-state index in [0.717, 1.165) is 12.1 Å². The van der Waals surface area contributed by atoms with Crippen molar-refractivity contribution >= 4 is 6.08 Å². The highest BCUT2D eigenvalue weighted by Crippen LogP contribution is 2.29. The van der Waals surface area contributed by atoms with E-state index in [2.05, 4.69) is 0 Å². The van der Waals surface area contributed by atoms with E-state index < -0.39 is 11.7 Å². The number of hydrogen-bond donors (Lipinski definition) is 0. The second-order valence-electron chi connectivity index (χ2n) is 2.88. The van der Waals surface area contributed by atoms with Gasteiger partial charge in [-0.15, -0.1) is 0 Å². The largest absolute Gasteiger partial charge is 0.501 e. The molecule has 0 aliphatic heterocycles. The Kier molecular flexibility index (Phi) is 3.77. The SMILES string of the molecule is CCOC=Cc1ccc(C(F)(F)F)cc1. The Balaban J connectivity index is 2.73. The van der Waals surface area contributed by atoms with Crippen molar-refractivity contribution in [3.05, 3.63) is 41.7 Å². The van der Waals surface area contributed by atoms with Gasteiger partial charge in [0.15, 0.2) is 0 Å². The van der Waals surface area contributed by atoms with Gasteiger partial charge in [-0.05, 0) is 30.7 Å². The fourth-order valence-corrected chi connectivity index (χ4v) is 1.01. The van der Waals surface area contributed by atoms with Crippen molar-refractivity contribution in [1.82, 2.24) is 0 Å². The molecule has 1 rings (SSSR count). The zero-order valence-corrected chi connectivity index (χ0v) is 8.21. The van der Waals surface area contributed by atoms with E-state index in [1.54, 1.807) is 6.08 Å². The van der Waals surface area contributed by atoms with Crippen molar-refractivity contribution in [2.75, 3.05) is 6.61 Å². The minimum absolute atomic E-state index is 0.539. The molecule has 4 heteroatoms. The second kappa shape index (κ2) is 4.87. The highest BCUT2D eigenvalue weighted by Gasteiger charge is 2.29. The number of halogens is 3. The van der Waals surface area contributed by atoms with Gasteiger partial charge in [-0.3, -0.25) is 0 Å². The maximum Gasteiger partial charge on any atom is 0.416 e. The van der Waals surface area contributed by atoms with E-state index >= 15 is 0 Å². The van der Waals surface area contributed by atoms with Crippen LogP contribution in [0.5, 0.6) is 0 Å². The molecular weight excluding hydrogens is 205 g/mol. The molecule has 0 radical (unpaired) electrons. The minimum atomic E-state index is -4.28. The smallest absolute Gasteiger partial charge is 0.416 e. The van der Waals surface area contributed by atoms with Gasteiger partial charge < -0.3 is 4.74 Å². The fourth-order valence-electron chi connectivity index (χ4n) is 1.01. The molecule has 0 heterocycles. The van der Waals surface area contributed by atoms with Gasteiger partial charge in [-0.1, -0.05) is 12.1 Å². The van der Waals surface area contributed by atoms with Crippen LogP contribution in [0.2, 0.25) is 0 Å². The molecule has 15 heavy (non-hydrogen) atoms. The summed E-state index contributed by atoms with van der Waals surface area (Å²) in [4.78, 5) is 0. The zero-order valence-electron chi connectivity index (χ0n) is 8.21. The number of ether oxygens (including phenoxy) is 1. The van der Waals surface area contributed by atoms with Crippen LogP contribution < -0.4 is 0 Å². The second-order valence-corrected chi connectivity index (χ2v) is 2.88. The lowest BCUT2D eigenvalue weighted by Crippen LogP contribution is -2.03. The number of benzene rings is 1. The first-order valence-electron chi connectivity index (χ1n) is 4.49. The van der Waals surface area contributed by atoms with Crippen molar-refractivity contribution in [1.29, 1.82) is 0 Å². The molecule has 0 N–H and O–H groups in total. The molecule has 1 nitrogen and oxygen atoms in total. The summed E-state index contributed by atoms with van der Waals surface area (Å²) in [6, 6.07) is 4.90. The van der Waals surface area contributed by atoms with Crippen LogP contribution in [0.1, 0.15) is 18.1 Å². The molecule has 0 atom stereocenters. The standard InChI is InChI=1S/C11H11F3O/c1-2-15-8-7-9-3-5-10(6-4-9)11(12,13)14/h3-8H,2H2,1H3. The molecule has 82 valence electrons. The van der Waals surface area contributed by atoms with E-state index in [1.165, 1.54) is 18.4 Å². The van der Waals surface area contributed by atoms with Crippen molar-refractivity contribution in [3.63, 3.8) is 0 Å². The lowest BCUT2D eigenvalue weighted by atomic mass is 10.1. The lowest BCUT2D eigenvalue weighted by molar-refractivity contribution is -0.137. The van der Waals surface area contributed by atoms with Gasteiger partial charge in [0.25, 0.3) is 0 Å². The Hall–Kier alpha value is -1.45. The lowest BCUT2D eigenvalue weighted by Gasteiger charge is -2.05. The molecule has 0 amide bonds. The van der Waals surface area contributed by atoms with E-state index in [4.69, 9.17) is 4.74 Å². The van der Waals surface area contributed by atoms with Gasteiger partial charge in [-0.2, -0.15) is 13.2 Å². The summed E-state index contributed by atoms with van der Waals surface area (Å²) >= 11 is 0. The van der Waals surface area contributed by atoms with Crippen LogP contribution in [-0.2, 0) is 10.9 Å². The fraction of sp³-hybridized carbons (Fsp3) is 0.273. The normalized spacial score (nSPS) is 12.0. The average molecular weight is 216 g/mol. The Morgan fingerprint density at radius 2 is 1.80 bits per heavy atom. The quantitative estimate of drug-likeness (QED) is 0.700. The molecule has 0 aromatic heterocycles. The minimum Gasteiger partial charge on any atom is -0.501 e. The topological polar surface area (TPSA) is 9.23 Å². The highest BCUT2D eigenvalue weighted by molar-refractivity contribution is 5.48. The third-order valence-electron chi connectivity index (χ3n) is 1.76. The van der Waals surface area contributed by atoms with E-state index in [9.17, 15) is 13.2 Å². The summed E-state index contributed by atoms with van der Waals surface area (Å²) in [5.41, 5.74) is 0.0347. The van der Waals surface area contributed by atoms with Gasteiger partial charge in [0.2, 0.25) is 0 Å². The van der Waals surface area contributed by atoms with Crippen LogP contribution in [0.15, 0.2) is 30.5 Å². The third kappa shape index (κ3) is 3.65. The summed E-state index contributed by atoms with van der Waals surface area (Å²) in [7, 11) is 0. The van der Waals surface area contributed by atoms with Crippen LogP contribution in [0, 0.1) is 0 Å². The van der Waals surface area contributed by atoms with Gasteiger partial charge >= 0.3 is 6.18 Å². The summed E-state index contributed by atoms with van der Waals surface area (Å²) in [5.74, 6) is 0. The average Bonchev–Trinajstić information content (AvgIpc) is 2.18. The van der Waals surface area contributed by atoms with Gasteiger partial charge in [0.05, 0.1) is 18.4 Å². The van der Waals surface area contributed by atoms with Crippen LogP contribution in [0.25, 0.3) is 6.08 Å². The van der Waals surface area contributed by atoms with Gasteiger partial charge in [-0.25, -0.2) is 0 Å². The molecule has 1 aromatic carbocycles. The summed E-state index contributed by atoms with van der Waals surface area (Å²) < 4.78 is 41.5. The molecule has 0 aliphatic rings. The zero-order chi connectivity index (χ0) is 11.3. The first-order chi connectivity index (χ1) is 7.04. The predicted molar refractivity (Wildman–Crippen MR) is 52.1 cm³/mol. The van der Waals surface area contributed by atoms with Crippen molar-refractivity contribution in [2.24, 2.45) is 0 Å². The van der Waals surface area contributed by atoms with Gasteiger partial charge in [0, 0.05) is 0 Å². The molecule has 0 fully saturated rings. The van der Waals surface area contributed by atoms with E-state index in [1.807, 2.05) is 6.92 Å². The van der Waals surface area contributed by atoms with Crippen LogP contribution >= 0.6 is 0 Å². The van der Waals surface area contributed by atoms with Crippen LogP contribution in [-0.4, -0.2) is 6.61 Å². The van der Waals surface area contributed by atoms with Crippen LogP contribution in [0.3, 0.4) is 0 Å². The Morgan fingerprint density at radius 3 is 2.27 bits per heavy atom. The maximum atomic E-state index is 12.2. The van der Waals surface area contributed by atoms with Gasteiger partial charge in [0.1, 0.15) is 0 Å². The summed E-state index contributed by atoms with van der Waals surface area (Å²) in [6.07, 6.45) is -1.20.